The zero-order valence-electron chi connectivity index (χ0n) is 5.03. The van der Waals surface area contributed by atoms with Crippen LogP contribution >= 0.6 is 12.4 Å². The molecule has 0 aromatic rings. The zero-order valence-corrected chi connectivity index (χ0v) is 5.84. The van der Waals surface area contributed by atoms with Gasteiger partial charge < -0.3 is 15.9 Å². The van der Waals surface area contributed by atoms with Crippen LogP contribution in [0.4, 0.5) is 0 Å². The first-order valence-electron chi connectivity index (χ1n) is 2.82. The molecule has 0 aliphatic heterocycles. The summed E-state index contributed by atoms with van der Waals surface area (Å²) in [4.78, 5) is 0. The molecule has 1 aliphatic carbocycles. The van der Waals surface area contributed by atoms with Gasteiger partial charge >= 0.3 is 0 Å². The van der Waals surface area contributed by atoms with Gasteiger partial charge in [0.15, 0.2) is 0 Å². The summed E-state index contributed by atoms with van der Waals surface area (Å²) in [5, 5.41) is 17.7. The van der Waals surface area contributed by atoms with E-state index in [0.29, 0.717) is 12.8 Å². The van der Waals surface area contributed by atoms with Crippen molar-refractivity contribution < 1.29 is 10.2 Å². The predicted octanol–water partition coefficient (Wildman–Crippen LogP) is -0.749. The smallest absolute Gasteiger partial charge is 0.0716 e. The number of hydrogen-bond donors (Lipinski definition) is 3. The lowest BCUT2D eigenvalue weighted by atomic mass is 10.2. The fraction of sp³-hybridized carbons (Fsp3) is 1.00. The van der Waals surface area contributed by atoms with Gasteiger partial charge in [0.25, 0.3) is 0 Å². The van der Waals surface area contributed by atoms with Crippen molar-refractivity contribution in [3.63, 3.8) is 0 Å². The third-order valence-corrected chi connectivity index (χ3v) is 1.55. The maximum absolute atomic E-state index is 8.88. The Morgan fingerprint density at radius 1 is 1.22 bits per heavy atom. The summed E-state index contributed by atoms with van der Waals surface area (Å²) in [5.74, 6) is 0. The molecular formula is C5H12ClNO2. The Bertz CT molecular complexity index is 81.0. The average Bonchev–Trinajstić information content (AvgIpc) is 1.85. The third kappa shape index (κ3) is 2.10. The van der Waals surface area contributed by atoms with Gasteiger partial charge in [0.1, 0.15) is 0 Å². The van der Waals surface area contributed by atoms with Gasteiger partial charge in [-0.05, 0) is 6.42 Å². The molecule has 4 heteroatoms. The summed E-state index contributed by atoms with van der Waals surface area (Å²) >= 11 is 0. The average molecular weight is 154 g/mol. The molecule has 1 aliphatic rings. The van der Waals surface area contributed by atoms with Gasteiger partial charge in [0, 0.05) is 12.5 Å². The minimum atomic E-state index is -0.481. The SMILES string of the molecule is Cl.N[C@@H]1C[C@@H](O)C[C@H]1O. The van der Waals surface area contributed by atoms with Crippen molar-refractivity contribution in [2.45, 2.75) is 31.1 Å². The highest BCUT2D eigenvalue weighted by molar-refractivity contribution is 5.85. The largest absolute Gasteiger partial charge is 0.393 e. The van der Waals surface area contributed by atoms with E-state index in [4.69, 9.17) is 15.9 Å². The Hall–Kier alpha value is 0.170. The van der Waals surface area contributed by atoms with Crippen LogP contribution in [-0.4, -0.2) is 28.5 Å². The molecule has 4 N–H and O–H groups in total. The van der Waals surface area contributed by atoms with Gasteiger partial charge in [-0.15, -0.1) is 12.4 Å². The van der Waals surface area contributed by atoms with Crippen LogP contribution < -0.4 is 5.73 Å². The van der Waals surface area contributed by atoms with E-state index < -0.39 is 6.10 Å². The van der Waals surface area contributed by atoms with Crippen molar-refractivity contribution in [2.24, 2.45) is 5.73 Å². The summed E-state index contributed by atoms with van der Waals surface area (Å²) in [6.45, 7) is 0. The van der Waals surface area contributed by atoms with Crippen molar-refractivity contribution >= 4 is 12.4 Å². The van der Waals surface area contributed by atoms with E-state index >= 15 is 0 Å². The van der Waals surface area contributed by atoms with E-state index in [9.17, 15) is 0 Å². The van der Waals surface area contributed by atoms with Crippen LogP contribution in [0.1, 0.15) is 12.8 Å². The van der Waals surface area contributed by atoms with E-state index in [-0.39, 0.29) is 24.6 Å². The lowest BCUT2D eigenvalue weighted by Gasteiger charge is -2.04. The minimum Gasteiger partial charge on any atom is -0.393 e. The molecule has 1 rings (SSSR count). The number of hydrogen-bond acceptors (Lipinski definition) is 3. The van der Waals surface area contributed by atoms with Crippen LogP contribution in [0.15, 0.2) is 0 Å². The summed E-state index contributed by atoms with van der Waals surface area (Å²) in [6.07, 6.45) is 0.132. The number of aliphatic hydroxyl groups is 2. The van der Waals surface area contributed by atoms with Gasteiger partial charge in [-0.1, -0.05) is 0 Å². The fourth-order valence-corrected chi connectivity index (χ4v) is 1.02. The maximum Gasteiger partial charge on any atom is 0.0716 e. The molecule has 3 nitrogen and oxygen atoms in total. The Balaban J connectivity index is 0.000000640. The van der Waals surface area contributed by atoms with Crippen molar-refractivity contribution in [1.29, 1.82) is 0 Å². The molecular weight excluding hydrogens is 142 g/mol. The Kier molecular flexibility index (Phi) is 3.43. The minimum absolute atomic E-state index is 0. The lowest BCUT2D eigenvalue weighted by Crippen LogP contribution is -2.28. The summed E-state index contributed by atoms with van der Waals surface area (Å²) in [7, 11) is 0. The van der Waals surface area contributed by atoms with Crippen LogP contribution in [0.2, 0.25) is 0 Å². The molecule has 9 heavy (non-hydrogen) atoms. The van der Waals surface area contributed by atoms with Crippen molar-refractivity contribution in [3.8, 4) is 0 Å². The van der Waals surface area contributed by atoms with Crippen LogP contribution in [0.25, 0.3) is 0 Å². The van der Waals surface area contributed by atoms with Gasteiger partial charge in [-0.3, -0.25) is 0 Å². The van der Waals surface area contributed by atoms with Gasteiger partial charge in [0.2, 0.25) is 0 Å². The molecule has 0 heterocycles. The van der Waals surface area contributed by atoms with E-state index in [0.717, 1.165) is 0 Å². The second kappa shape index (κ2) is 3.37. The molecule has 0 bridgehead atoms. The summed E-state index contributed by atoms with van der Waals surface area (Å²) in [5.41, 5.74) is 5.36. The highest BCUT2D eigenvalue weighted by atomic mass is 35.5. The standard InChI is InChI=1S/C5H11NO2.ClH/c6-4-1-3(7)2-5(4)8;/h3-5,7-8H,1-2,6H2;1H/t3-,4-,5-;/m1./s1. The normalized spacial score (nSPS) is 42.3. The molecule has 0 spiro atoms. The molecule has 0 amide bonds. The molecule has 1 fully saturated rings. The summed E-state index contributed by atoms with van der Waals surface area (Å²) < 4.78 is 0. The monoisotopic (exact) mass is 153 g/mol. The Morgan fingerprint density at radius 3 is 1.89 bits per heavy atom. The van der Waals surface area contributed by atoms with Gasteiger partial charge in [-0.2, -0.15) is 0 Å². The first-order valence-corrected chi connectivity index (χ1v) is 2.82. The van der Waals surface area contributed by atoms with Crippen LogP contribution in [0.5, 0.6) is 0 Å². The molecule has 0 unspecified atom stereocenters. The second-order valence-electron chi connectivity index (χ2n) is 2.36. The number of nitrogens with two attached hydrogens (primary N) is 1. The quantitative estimate of drug-likeness (QED) is 0.429. The predicted molar refractivity (Wildman–Crippen MR) is 36.5 cm³/mol. The molecule has 1 saturated carbocycles. The van der Waals surface area contributed by atoms with Gasteiger partial charge in [-0.25, -0.2) is 0 Å². The van der Waals surface area contributed by atoms with Crippen molar-refractivity contribution in [2.75, 3.05) is 0 Å². The highest BCUT2D eigenvalue weighted by Crippen LogP contribution is 2.16. The van der Waals surface area contributed by atoms with Crippen molar-refractivity contribution in [3.05, 3.63) is 0 Å². The summed E-state index contributed by atoms with van der Waals surface area (Å²) in [6, 6.07) is -0.204. The first kappa shape index (κ1) is 9.17. The molecule has 0 radical (unpaired) electrons. The topological polar surface area (TPSA) is 66.5 Å². The van der Waals surface area contributed by atoms with Crippen LogP contribution in [-0.2, 0) is 0 Å². The maximum atomic E-state index is 8.88. The Morgan fingerprint density at radius 2 is 1.78 bits per heavy atom. The molecule has 0 aromatic carbocycles. The van der Waals surface area contributed by atoms with E-state index in [1.807, 2.05) is 0 Å². The second-order valence-corrected chi connectivity index (χ2v) is 2.36. The molecule has 3 atom stereocenters. The number of rotatable bonds is 0. The Labute approximate surface area is 60.3 Å². The van der Waals surface area contributed by atoms with E-state index in [2.05, 4.69) is 0 Å². The highest BCUT2D eigenvalue weighted by Gasteiger charge is 2.28. The van der Waals surface area contributed by atoms with Crippen molar-refractivity contribution in [1.82, 2.24) is 0 Å². The van der Waals surface area contributed by atoms with Gasteiger partial charge in [0.05, 0.1) is 12.2 Å². The lowest BCUT2D eigenvalue weighted by molar-refractivity contribution is 0.133. The molecule has 56 valence electrons. The first-order chi connectivity index (χ1) is 3.70. The zero-order chi connectivity index (χ0) is 6.15. The van der Waals surface area contributed by atoms with E-state index in [1.165, 1.54) is 0 Å². The number of halogens is 1. The number of aliphatic hydroxyl groups excluding tert-OH is 2. The molecule has 0 saturated heterocycles. The fourth-order valence-electron chi connectivity index (χ4n) is 1.02. The van der Waals surface area contributed by atoms with Crippen LogP contribution in [0.3, 0.4) is 0 Å². The molecule has 0 aromatic heterocycles. The third-order valence-electron chi connectivity index (χ3n) is 1.55. The van der Waals surface area contributed by atoms with E-state index in [1.54, 1.807) is 0 Å². The van der Waals surface area contributed by atoms with Crippen LogP contribution in [0, 0.1) is 0 Å².